The fraction of sp³-hybridized carbons (Fsp3) is 0.880. The molecular formula is C25H48O4. The van der Waals surface area contributed by atoms with Crippen LogP contribution in [0, 0.1) is 0 Å². The minimum absolute atomic E-state index is 0.0371. The van der Waals surface area contributed by atoms with E-state index < -0.39 is 12.1 Å². The van der Waals surface area contributed by atoms with Crippen molar-refractivity contribution in [3.05, 3.63) is 12.2 Å². The number of esters is 1. The zero-order valence-electron chi connectivity index (χ0n) is 19.4. The molecule has 0 bridgehead atoms. The third kappa shape index (κ3) is 21.7. The molecule has 0 aromatic rings. The molecule has 29 heavy (non-hydrogen) atoms. The summed E-state index contributed by atoms with van der Waals surface area (Å²) in [4.78, 5) is 11.2. The molecule has 0 radical (unpaired) electrons. The Morgan fingerprint density at radius 3 is 1.59 bits per heavy atom. The van der Waals surface area contributed by atoms with Crippen LogP contribution in [0.1, 0.15) is 117 Å². The average Bonchev–Trinajstić information content (AvgIpc) is 2.71. The van der Waals surface area contributed by atoms with Gasteiger partial charge in [0.1, 0.15) is 12.7 Å². The van der Waals surface area contributed by atoms with E-state index in [9.17, 15) is 9.90 Å². The van der Waals surface area contributed by atoms with E-state index in [2.05, 4.69) is 13.5 Å². The van der Waals surface area contributed by atoms with E-state index in [1.807, 2.05) is 0 Å². The standard InChI is InChI=1S/C25H48O4/c1-4-5-6-7-8-9-10-11-12-13-14-15-16-17-18-19-20-28-21-24(26)22-29-25(27)23(2)3/h24,26H,2,4-22H2,1,3H3. The molecule has 4 nitrogen and oxygen atoms in total. The van der Waals surface area contributed by atoms with Gasteiger partial charge in [0.2, 0.25) is 0 Å². The minimum atomic E-state index is -0.764. The third-order valence-corrected chi connectivity index (χ3v) is 5.21. The first-order valence-electron chi connectivity index (χ1n) is 12.2. The molecule has 0 aliphatic rings. The molecule has 0 heterocycles. The van der Waals surface area contributed by atoms with Gasteiger partial charge in [-0.3, -0.25) is 0 Å². The first kappa shape index (κ1) is 28.1. The van der Waals surface area contributed by atoms with Crippen LogP contribution in [0.3, 0.4) is 0 Å². The van der Waals surface area contributed by atoms with Gasteiger partial charge in [-0.2, -0.15) is 0 Å². The van der Waals surface area contributed by atoms with Crippen molar-refractivity contribution in [1.29, 1.82) is 0 Å². The SMILES string of the molecule is C=C(C)C(=O)OCC(O)COCCCCCCCCCCCCCCCCCC. The number of ether oxygens (including phenoxy) is 2. The van der Waals surface area contributed by atoms with Gasteiger partial charge in [-0.05, 0) is 13.3 Å². The van der Waals surface area contributed by atoms with Crippen LogP contribution in [0.25, 0.3) is 0 Å². The predicted molar refractivity (Wildman–Crippen MR) is 122 cm³/mol. The second kappa shape index (κ2) is 21.8. The van der Waals surface area contributed by atoms with E-state index in [0.29, 0.717) is 12.2 Å². The van der Waals surface area contributed by atoms with Crippen LogP contribution >= 0.6 is 0 Å². The van der Waals surface area contributed by atoms with Crippen molar-refractivity contribution in [3.63, 3.8) is 0 Å². The average molecular weight is 413 g/mol. The number of aliphatic hydroxyl groups is 1. The van der Waals surface area contributed by atoms with E-state index in [1.165, 1.54) is 96.3 Å². The summed E-state index contributed by atoms with van der Waals surface area (Å²) in [7, 11) is 0. The minimum Gasteiger partial charge on any atom is -0.460 e. The van der Waals surface area contributed by atoms with Crippen molar-refractivity contribution in [2.75, 3.05) is 19.8 Å². The van der Waals surface area contributed by atoms with Crippen LogP contribution in [0.4, 0.5) is 0 Å². The molecule has 0 rings (SSSR count). The second-order valence-electron chi connectivity index (χ2n) is 8.41. The van der Waals surface area contributed by atoms with Crippen LogP contribution in [0.2, 0.25) is 0 Å². The topological polar surface area (TPSA) is 55.8 Å². The van der Waals surface area contributed by atoms with Gasteiger partial charge in [-0.15, -0.1) is 0 Å². The highest BCUT2D eigenvalue weighted by molar-refractivity contribution is 5.86. The van der Waals surface area contributed by atoms with Gasteiger partial charge >= 0.3 is 5.97 Å². The van der Waals surface area contributed by atoms with Gasteiger partial charge in [-0.1, -0.05) is 110 Å². The van der Waals surface area contributed by atoms with Crippen molar-refractivity contribution >= 4 is 5.97 Å². The van der Waals surface area contributed by atoms with Crippen LogP contribution in [-0.2, 0) is 14.3 Å². The van der Waals surface area contributed by atoms with Crippen molar-refractivity contribution < 1.29 is 19.4 Å². The molecule has 0 saturated carbocycles. The molecular weight excluding hydrogens is 364 g/mol. The lowest BCUT2D eigenvalue weighted by Gasteiger charge is -2.11. The predicted octanol–water partition coefficient (Wildman–Crippen LogP) is 6.74. The van der Waals surface area contributed by atoms with Gasteiger partial charge in [0.15, 0.2) is 0 Å². The highest BCUT2D eigenvalue weighted by Crippen LogP contribution is 2.13. The molecule has 0 aromatic carbocycles. The molecule has 0 amide bonds. The van der Waals surface area contributed by atoms with Crippen LogP contribution in [-0.4, -0.2) is 37.0 Å². The second-order valence-corrected chi connectivity index (χ2v) is 8.41. The van der Waals surface area contributed by atoms with Crippen molar-refractivity contribution in [3.8, 4) is 0 Å². The van der Waals surface area contributed by atoms with Crippen molar-refractivity contribution in [2.24, 2.45) is 0 Å². The molecule has 0 aromatic heterocycles. The first-order chi connectivity index (χ1) is 14.1. The van der Waals surface area contributed by atoms with E-state index in [1.54, 1.807) is 6.92 Å². The number of rotatable bonds is 22. The summed E-state index contributed by atoms with van der Waals surface area (Å²) in [5, 5.41) is 9.68. The molecule has 0 fully saturated rings. The molecule has 0 aliphatic heterocycles. The first-order valence-corrected chi connectivity index (χ1v) is 12.2. The van der Waals surface area contributed by atoms with Crippen molar-refractivity contribution in [2.45, 2.75) is 123 Å². The van der Waals surface area contributed by atoms with E-state index in [4.69, 9.17) is 9.47 Å². The fourth-order valence-electron chi connectivity index (χ4n) is 3.31. The molecule has 1 atom stereocenters. The van der Waals surface area contributed by atoms with E-state index in [0.717, 1.165) is 6.42 Å². The monoisotopic (exact) mass is 412 g/mol. The third-order valence-electron chi connectivity index (χ3n) is 5.21. The highest BCUT2D eigenvalue weighted by Gasteiger charge is 2.09. The molecule has 1 unspecified atom stereocenters. The zero-order chi connectivity index (χ0) is 21.6. The maximum absolute atomic E-state index is 11.2. The normalized spacial score (nSPS) is 12.1. The van der Waals surface area contributed by atoms with Gasteiger partial charge in [0.25, 0.3) is 0 Å². The molecule has 0 spiro atoms. The Balaban J connectivity index is 3.16. The highest BCUT2D eigenvalue weighted by atomic mass is 16.5. The number of carbonyl (C=O) groups excluding carboxylic acids is 1. The van der Waals surface area contributed by atoms with Gasteiger partial charge in [0, 0.05) is 12.2 Å². The number of hydrogen-bond acceptors (Lipinski definition) is 4. The number of carbonyl (C=O) groups is 1. The Morgan fingerprint density at radius 1 is 0.759 bits per heavy atom. The Hall–Kier alpha value is -0.870. The molecule has 4 heteroatoms. The molecule has 0 aliphatic carbocycles. The van der Waals surface area contributed by atoms with Crippen LogP contribution in [0.5, 0.6) is 0 Å². The van der Waals surface area contributed by atoms with Gasteiger partial charge in [-0.25, -0.2) is 4.79 Å². The lowest BCUT2D eigenvalue weighted by atomic mass is 10.0. The summed E-state index contributed by atoms with van der Waals surface area (Å²) >= 11 is 0. The summed E-state index contributed by atoms with van der Waals surface area (Å²) < 4.78 is 10.3. The lowest BCUT2D eigenvalue weighted by Crippen LogP contribution is -2.24. The molecule has 172 valence electrons. The number of aliphatic hydroxyl groups excluding tert-OH is 1. The quantitative estimate of drug-likeness (QED) is 0.121. The maximum atomic E-state index is 11.2. The maximum Gasteiger partial charge on any atom is 0.333 e. The Bertz CT molecular complexity index is 381. The Labute approximate surface area is 180 Å². The summed E-state index contributed by atoms with van der Waals surface area (Å²) in [6.45, 7) is 8.19. The van der Waals surface area contributed by atoms with Gasteiger partial charge < -0.3 is 14.6 Å². The van der Waals surface area contributed by atoms with Crippen molar-refractivity contribution in [1.82, 2.24) is 0 Å². The largest absolute Gasteiger partial charge is 0.460 e. The summed E-state index contributed by atoms with van der Waals surface area (Å²) in [6, 6.07) is 0. The smallest absolute Gasteiger partial charge is 0.333 e. The number of unbranched alkanes of at least 4 members (excludes halogenated alkanes) is 15. The molecule has 1 N–H and O–H groups in total. The van der Waals surface area contributed by atoms with Crippen LogP contribution < -0.4 is 0 Å². The fourth-order valence-corrected chi connectivity index (χ4v) is 3.31. The zero-order valence-corrected chi connectivity index (χ0v) is 19.4. The Kier molecular flexibility index (Phi) is 21.2. The van der Waals surface area contributed by atoms with E-state index in [-0.39, 0.29) is 13.2 Å². The van der Waals surface area contributed by atoms with E-state index >= 15 is 0 Å². The number of hydrogen-bond donors (Lipinski definition) is 1. The summed E-state index contributed by atoms with van der Waals surface area (Å²) in [5.74, 6) is -0.471. The van der Waals surface area contributed by atoms with Crippen LogP contribution in [0.15, 0.2) is 12.2 Å². The van der Waals surface area contributed by atoms with Gasteiger partial charge in [0.05, 0.1) is 6.61 Å². The summed E-state index contributed by atoms with van der Waals surface area (Å²) in [5.41, 5.74) is 0.339. The summed E-state index contributed by atoms with van der Waals surface area (Å²) in [6.07, 6.45) is 20.9. The Morgan fingerprint density at radius 2 is 1.17 bits per heavy atom. The molecule has 0 saturated heterocycles. The lowest BCUT2D eigenvalue weighted by molar-refractivity contribution is -0.143.